The fourth-order valence-corrected chi connectivity index (χ4v) is 1.91. The van der Waals surface area contributed by atoms with Crippen molar-refractivity contribution in [1.82, 2.24) is 9.88 Å². The average molecular weight is 244 g/mol. The number of amides is 1. The van der Waals surface area contributed by atoms with Crippen LogP contribution in [0.3, 0.4) is 0 Å². The number of ether oxygens (including phenoxy) is 1. The minimum absolute atomic E-state index is 0.104. The zero-order chi connectivity index (χ0) is 13.1. The average Bonchev–Trinajstić information content (AvgIpc) is 2.73. The highest BCUT2D eigenvalue weighted by molar-refractivity contribution is 5.99. The minimum atomic E-state index is -0.104. The topological polar surface area (TPSA) is 43.3 Å². The van der Waals surface area contributed by atoms with Gasteiger partial charge in [-0.1, -0.05) is 6.08 Å². The molecule has 1 aromatic heterocycles. The van der Waals surface area contributed by atoms with E-state index in [-0.39, 0.29) is 5.91 Å². The Morgan fingerprint density at radius 3 is 2.94 bits per heavy atom. The van der Waals surface area contributed by atoms with E-state index in [2.05, 4.69) is 11.9 Å². The van der Waals surface area contributed by atoms with E-state index in [0.717, 1.165) is 16.7 Å². The summed E-state index contributed by atoms with van der Waals surface area (Å²) in [6, 6.07) is 7.61. The molecule has 0 aliphatic heterocycles. The normalized spacial score (nSPS) is 10.3. The number of hydrogen-bond acceptors (Lipinski definition) is 2. The molecule has 18 heavy (non-hydrogen) atoms. The summed E-state index contributed by atoms with van der Waals surface area (Å²) >= 11 is 0. The fourth-order valence-electron chi connectivity index (χ4n) is 1.91. The zero-order valence-corrected chi connectivity index (χ0v) is 10.6. The summed E-state index contributed by atoms with van der Waals surface area (Å²) in [5.41, 5.74) is 1.60. The van der Waals surface area contributed by atoms with Crippen molar-refractivity contribution in [2.24, 2.45) is 7.05 Å². The molecule has 94 valence electrons. The van der Waals surface area contributed by atoms with Gasteiger partial charge in [0, 0.05) is 25.0 Å². The van der Waals surface area contributed by atoms with Crippen molar-refractivity contribution in [2.45, 2.75) is 0 Å². The van der Waals surface area contributed by atoms with Crippen LogP contribution in [0.25, 0.3) is 10.9 Å². The predicted octanol–water partition coefficient (Wildman–Crippen LogP) is 2.10. The van der Waals surface area contributed by atoms with Crippen LogP contribution in [0.5, 0.6) is 5.75 Å². The molecule has 0 radical (unpaired) electrons. The van der Waals surface area contributed by atoms with Crippen molar-refractivity contribution < 1.29 is 9.53 Å². The van der Waals surface area contributed by atoms with Crippen LogP contribution in [-0.4, -0.2) is 24.1 Å². The number of aromatic nitrogens is 1. The van der Waals surface area contributed by atoms with Gasteiger partial charge < -0.3 is 14.6 Å². The molecule has 0 fully saturated rings. The van der Waals surface area contributed by atoms with E-state index in [1.165, 1.54) is 0 Å². The Bertz CT molecular complexity index is 599. The standard InChI is InChI=1S/C14H16N2O2/c1-4-7-15-14(17)13-8-10-5-6-11(18-3)9-12(10)16(13)2/h4-6,8-9H,1,7H2,2-3H3,(H,15,17). The van der Waals surface area contributed by atoms with Gasteiger partial charge in [-0.05, 0) is 18.2 Å². The Hall–Kier alpha value is -2.23. The first-order chi connectivity index (χ1) is 8.67. The molecule has 0 atom stereocenters. The van der Waals surface area contributed by atoms with Gasteiger partial charge in [-0.2, -0.15) is 0 Å². The van der Waals surface area contributed by atoms with Gasteiger partial charge in [-0.25, -0.2) is 0 Å². The van der Waals surface area contributed by atoms with Gasteiger partial charge >= 0.3 is 0 Å². The first kappa shape index (κ1) is 12.2. The van der Waals surface area contributed by atoms with Crippen LogP contribution in [0.4, 0.5) is 0 Å². The Morgan fingerprint density at radius 1 is 1.50 bits per heavy atom. The third-order valence-corrected chi connectivity index (χ3v) is 2.89. The number of aryl methyl sites for hydroxylation is 1. The number of nitrogens with one attached hydrogen (secondary N) is 1. The van der Waals surface area contributed by atoms with Crippen molar-refractivity contribution >= 4 is 16.8 Å². The van der Waals surface area contributed by atoms with E-state index >= 15 is 0 Å². The maximum atomic E-state index is 11.9. The summed E-state index contributed by atoms with van der Waals surface area (Å²) in [6.45, 7) is 4.04. The molecular weight excluding hydrogens is 228 g/mol. The smallest absolute Gasteiger partial charge is 0.268 e. The highest BCUT2D eigenvalue weighted by Crippen LogP contribution is 2.23. The lowest BCUT2D eigenvalue weighted by molar-refractivity contribution is 0.0950. The largest absolute Gasteiger partial charge is 0.497 e. The van der Waals surface area contributed by atoms with Crippen LogP contribution in [0, 0.1) is 0 Å². The number of rotatable bonds is 4. The number of methoxy groups -OCH3 is 1. The molecule has 0 saturated heterocycles. The second-order valence-electron chi connectivity index (χ2n) is 4.01. The van der Waals surface area contributed by atoms with E-state index in [1.54, 1.807) is 13.2 Å². The summed E-state index contributed by atoms with van der Waals surface area (Å²) in [5.74, 6) is 0.675. The molecule has 0 bridgehead atoms. The van der Waals surface area contributed by atoms with Crippen LogP contribution < -0.4 is 10.1 Å². The maximum absolute atomic E-state index is 11.9. The molecule has 2 aromatic rings. The van der Waals surface area contributed by atoms with E-state index in [1.807, 2.05) is 35.9 Å². The molecule has 1 amide bonds. The molecule has 2 rings (SSSR count). The Balaban J connectivity index is 2.43. The first-order valence-electron chi connectivity index (χ1n) is 5.70. The van der Waals surface area contributed by atoms with Gasteiger partial charge in [-0.15, -0.1) is 6.58 Å². The molecule has 4 heteroatoms. The maximum Gasteiger partial charge on any atom is 0.268 e. The monoisotopic (exact) mass is 244 g/mol. The van der Waals surface area contributed by atoms with E-state index in [4.69, 9.17) is 4.74 Å². The predicted molar refractivity (Wildman–Crippen MR) is 72.0 cm³/mol. The van der Waals surface area contributed by atoms with Crippen molar-refractivity contribution in [3.63, 3.8) is 0 Å². The molecule has 0 spiro atoms. The number of benzene rings is 1. The summed E-state index contributed by atoms with van der Waals surface area (Å²) in [7, 11) is 3.49. The highest BCUT2D eigenvalue weighted by Gasteiger charge is 2.12. The Kier molecular flexibility index (Phi) is 3.37. The lowest BCUT2D eigenvalue weighted by Crippen LogP contribution is -2.25. The van der Waals surface area contributed by atoms with Crippen LogP contribution in [0.1, 0.15) is 10.5 Å². The molecule has 1 N–H and O–H groups in total. The number of hydrogen-bond donors (Lipinski definition) is 1. The van der Waals surface area contributed by atoms with Gasteiger partial charge in [0.05, 0.1) is 12.6 Å². The van der Waals surface area contributed by atoms with Crippen LogP contribution in [0.2, 0.25) is 0 Å². The van der Waals surface area contributed by atoms with Crippen LogP contribution in [-0.2, 0) is 7.05 Å². The lowest BCUT2D eigenvalue weighted by atomic mass is 10.2. The Labute approximate surface area is 106 Å². The molecule has 0 aliphatic rings. The molecule has 0 saturated carbocycles. The lowest BCUT2D eigenvalue weighted by Gasteiger charge is -2.05. The van der Waals surface area contributed by atoms with E-state index in [0.29, 0.717) is 12.2 Å². The van der Waals surface area contributed by atoms with Gasteiger partial charge in [0.2, 0.25) is 0 Å². The summed E-state index contributed by atoms with van der Waals surface area (Å²) < 4.78 is 7.04. The molecule has 4 nitrogen and oxygen atoms in total. The minimum Gasteiger partial charge on any atom is -0.497 e. The van der Waals surface area contributed by atoms with Crippen molar-refractivity contribution in [3.05, 3.63) is 42.6 Å². The van der Waals surface area contributed by atoms with Crippen molar-refractivity contribution in [3.8, 4) is 5.75 Å². The van der Waals surface area contributed by atoms with Gasteiger partial charge in [0.15, 0.2) is 0 Å². The zero-order valence-electron chi connectivity index (χ0n) is 10.6. The SMILES string of the molecule is C=CCNC(=O)c1cc2ccc(OC)cc2n1C. The second kappa shape index (κ2) is 4.96. The summed E-state index contributed by atoms with van der Waals surface area (Å²) in [6.07, 6.45) is 1.66. The first-order valence-corrected chi connectivity index (χ1v) is 5.70. The van der Waals surface area contributed by atoms with Crippen LogP contribution in [0.15, 0.2) is 36.9 Å². The Morgan fingerprint density at radius 2 is 2.28 bits per heavy atom. The second-order valence-corrected chi connectivity index (χ2v) is 4.01. The fraction of sp³-hybridized carbons (Fsp3) is 0.214. The van der Waals surface area contributed by atoms with Gasteiger partial charge in [0.25, 0.3) is 5.91 Å². The van der Waals surface area contributed by atoms with E-state index < -0.39 is 0 Å². The molecule has 1 heterocycles. The van der Waals surface area contributed by atoms with Crippen molar-refractivity contribution in [1.29, 1.82) is 0 Å². The number of carbonyl (C=O) groups is 1. The van der Waals surface area contributed by atoms with Gasteiger partial charge in [0.1, 0.15) is 11.4 Å². The number of fused-ring (bicyclic) bond motifs is 1. The summed E-state index contributed by atoms with van der Waals surface area (Å²) in [5, 5.41) is 3.79. The molecule has 0 aliphatic carbocycles. The molecular formula is C14H16N2O2. The summed E-state index contributed by atoms with van der Waals surface area (Å²) in [4.78, 5) is 11.9. The van der Waals surface area contributed by atoms with E-state index in [9.17, 15) is 4.79 Å². The highest BCUT2D eigenvalue weighted by atomic mass is 16.5. The van der Waals surface area contributed by atoms with Crippen LogP contribution >= 0.6 is 0 Å². The van der Waals surface area contributed by atoms with Gasteiger partial charge in [-0.3, -0.25) is 4.79 Å². The third-order valence-electron chi connectivity index (χ3n) is 2.89. The number of carbonyl (C=O) groups excluding carboxylic acids is 1. The quantitative estimate of drug-likeness (QED) is 0.837. The van der Waals surface area contributed by atoms with Crippen molar-refractivity contribution in [2.75, 3.05) is 13.7 Å². The number of nitrogens with zero attached hydrogens (tertiary/aromatic N) is 1. The molecule has 0 unspecified atom stereocenters. The third kappa shape index (κ3) is 2.09. The molecule has 1 aromatic carbocycles.